The van der Waals surface area contributed by atoms with Crippen LogP contribution in [0, 0.1) is 19.8 Å². The fourth-order valence-electron chi connectivity index (χ4n) is 3.09. The normalized spacial score (nSPS) is 29.0. The molecule has 0 saturated heterocycles. The highest BCUT2D eigenvalue weighted by atomic mass is 16.3. The molecule has 1 aliphatic carbocycles. The molecule has 0 bridgehead atoms. The van der Waals surface area contributed by atoms with E-state index in [2.05, 4.69) is 39.0 Å². The van der Waals surface area contributed by atoms with Crippen molar-refractivity contribution >= 4 is 0 Å². The molecule has 1 nitrogen and oxygen atoms in total. The minimum atomic E-state index is -0.469. The molecule has 1 fully saturated rings. The van der Waals surface area contributed by atoms with Crippen molar-refractivity contribution < 1.29 is 5.11 Å². The molecule has 0 radical (unpaired) electrons. The van der Waals surface area contributed by atoms with Gasteiger partial charge in [-0.2, -0.15) is 0 Å². The molecule has 2 rings (SSSR count). The predicted molar refractivity (Wildman–Crippen MR) is 76.8 cm³/mol. The Hall–Kier alpha value is -0.820. The van der Waals surface area contributed by atoms with Crippen LogP contribution in [-0.4, -0.2) is 10.7 Å². The van der Waals surface area contributed by atoms with E-state index in [1.807, 2.05) is 0 Å². The average Bonchev–Trinajstić information content (AvgIpc) is 2.47. The second-order valence-electron chi connectivity index (χ2n) is 6.37. The highest BCUT2D eigenvalue weighted by Crippen LogP contribution is 2.33. The molecule has 0 aromatic heterocycles. The maximum Gasteiger partial charge on any atom is 0.0688 e. The lowest BCUT2D eigenvalue weighted by molar-refractivity contribution is 0.0242. The van der Waals surface area contributed by atoms with Gasteiger partial charge in [0.25, 0.3) is 0 Å². The second kappa shape index (κ2) is 5.44. The van der Waals surface area contributed by atoms with Gasteiger partial charge in [0.2, 0.25) is 0 Å². The van der Waals surface area contributed by atoms with E-state index in [1.165, 1.54) is 36.0 Å². The van der Waals surface area contributed by atoms with Crippen LogP contribution in [0.5, 0.6) is 0 Å². The first-order valence-corrected chi connectivity index (χ1v) is 7.27. The Morgan fingerprint density at radius 3 is 2.78 bits per heavy atom. The van der Waals surface area contributed by atoms with Crippen molar-refractivity contribution in [1.82, 2.24) is 0 Å². The van der Waals surface area contributed by atoms with Gasteiger partial charge in [-0.25, -0.2) is 0 Å². The van der Waals surface area contributed by atoms with Gasteiger partial charge in [0, 0.05) is 6.42 Å². The van der Waals surface area contributed by atoms with Gasteiger partial charge in [0.15, 0.2) is 0 Å². The standard InChI is InChI=1S/C17H26O/c1-13-5-4-9-17(18,10-8-13)12-16-11-14(2)6-7-15(16)3/h6-7,11,13,18H,4-5,8-10,12H2,1-3H3. The van der Waals surface area contributed by atoms with E-state index in [4.69, 9.17) is 0 Å². The Morgan fingerprint density at radius 1 is 1.22 bits per heavy atom. The van der Waals surface area contributed by atoms with Crippen molar-refractivity contribution in [2.45, 2.75) is 64.9 Å². The number of benzene rings is 1. The number of hydrogen-bond donors (Lipinski definition) is 1. The maximum absolute atomic E-state index is 10.8. The lowest BCUT2D eigenvalue weighted by Gasteiger charge is -2.27. The smallest absolute Gasteiger partial charge is 0.0688 e. The van der Waals surface area contributed by atoms with Gasteiger partial charge in [-0.3, -0.25) is 0 Å². The Morgan fingerprint density at radius 2 is 2.00 bits per heavy atom. The molecule has 1 heteroatoms. The van der Waals surface area contributed by atoms with Gasteiger partial charge in [-0.05, 0) is 50.2 Å². The second-order valence-corrected chi connectivity index (χ2v) is 6.37. The van der Waals surface area contributed by atoms with Crippen LogP contribution in [0.2, 0.25) is 0 Å². The molecule has 0 aliphatic heterocycles. The van der Waals surface area contributed by atoms with Crippen LogP contribution in [0.1, 0.15) is 55.7 Å². The van der Waals surface area contributed by atoms with Gasteiger partial charge >= 0.3 is 0 Å². The van der Waals surface area contributed by atoms with Gasteiger partial charge in [-0.15, -0.1) is 0 Å². The Bertz CT molecular complexity index is 410. The lowest BCUT2D eigenvalue weighted by atomic mass is 9.85. The summed E-state index contributed by atoms with van der Waals surface area (Å²) in [6.45, 7) is 6.59. The zero-order valence-electron chi connectivity index (χ0n) is 12.0. The van der Waals surface area contributed by atoms with E-state index >= 15 is 0 Å². The molecule has 18 heavy (non-hydrogen) atoms. The zero-order valence-corrected chi connectivity index (χ0v) is 12.0. The van der Waals surface area contributed by atoms with Crippen LogP contribution in [0.25, 0.3) is 0 Å². The quantitative estimate of drug-likeness (QED) is 0.776. The summed E-state index contributed by atoms with van der Waals surface area (Å²) in [4.78, 5) is 0. The molecule has 1 N–H and O–H groups in total. The summed E-state index contributed by atoms with van der Waals surface area (Å²) in [5.74, 6) is 0.776. The van der Waals surface area contributed by atoms with Crippen LogP contribution in [0.4, 0.5) is 0 Å². The third kappa shape index (κ3) is 3.35. The largest absolute Gasteiger partial charge is 0.390 e. The highest BCUT2D eigenvalue weighted by Gasteiger charge is 2.30. The molecular formula is C17H26O. The average molecular weight is 246 g/mol. The van der Waals surface area contributed by atoms with Crippen molar-refractivity contribution in [3.8, 4) is 0 Å². The zero-order chi connectivity index (χ0) is 13.2. The third-order valence-electron chi connectivity index (χ3n) is 4.47. The highest BCUT2D eigenvalue weighted by molar-refractivity contribution is 5.31. The summed E-state index contributed by atoms with van der Waals surface area (Å²) in [6, 6.07) is 6.56. The summed E-state index contributed by atoms with van der Waals surface area (Å²) in [5, 5.41) is 10.8. The first kappa shape index (κ1) is 13.6. The molecule has 1 aliphatic rings. The molecule has 1 aromatic carbocycles. The molecule has 2 atom stereocenters. The predicted octanol–water partition coefficient (Wildman–Crippen LogP) is 4.18. The Balaban J connectivity index is 2.13. The molecule has 1 saturated carbocycles. The van der Waals surface area contributed by atoms with Crippen molar-refractivity contribution in [3.05, 3.63) is 34.9 Å². The van der Waals surface area contributed by atoms with E-state index in [1.54, 1.807) is 0 Å². The van der Waals surface area contributed by atoms with Crippen LogP contribution in [-0.2, 0) is 6.42 Å². The monoisotopic (exact) mass is 246 g/mol. The number of hydrogen-bond acceptors (Lipinski definition) is 1. The van der Waals surface area contributed by atoms with Gasteiger partial charge in [-0.1, -0.05) is 43.5 Å². The van der Waals surface area contributed by atoms with E-state index in [9.17, 15) is 5.11 Å². The van der Waals surface area contributed by atoms with E-state index in [0.717, 1.165) is 25.2 Å². The molecule has 0 amide bonds. The molecule has 1 aromatic rings. The molecular weight excluding hydrogens is 220 g/mol. The van der Waals surface area contributed by atoms with Gasteiger partial charge < -0.3 is 5.11 Å². The van der Waals surface area contributed by atoms with Gasteiger partial charge in [0.05, 0.1) is 5.60 Å². The van der Waals surface area contributed by atoms with Crippen LogP contribution >= 0.6 is 0 Å². The fraction of sp³-hybridized carbons (Fsp3) is 0.647. The molecule has 2 unspecified atom stereocenters. The van der Waals surface area contributed by atoms with Crippen LogP contribution < -0.4 is 0 Å². The minimum Gasteiger partial charge on any atom is -0.390 e. The number of aliphatic hydroxyl groups is 1. The first-order chi connectivity index (χ1) is 8.48. The van der Waals surface area contributed by atoms with Crippen molar-refractivity contribution in [2.24, 2.45) is 5.92 Å². The van der Waals surface area contributed by atoms with Crippen molar-refractivity contribution in [1.29, 1.82) is 0 Å². The minimum absolute atomic E-state index is 0.469. The Kier molecular flexibility index (Phi) is 4.11. The number of aryl methyl sites for hydroxylation is 2. The summed E-state index contributed by atoms with van der Waals surface area (Å²) in [7, 11) is 0. The fourth-order valence-corrected chi connectivity index (χ4v) is 3.09. The topological polar surface area (TPSA) is 20.2 Å². The van der Waals surface area contributed by atoms with E-state index < -0.39 is 5.60 Å². The van der Waals surface area contributed by atoms with Crippen molar-refractivity contribution in [2.75, 3.05) is 0 Å². The molecule has 100 valence electrons. The van der Waals surface area contributed by atoms with Crippen LogP contribution in [0.15, 0.2) is 18.2 Å². The lowest BCUT2D eigenvalue weighted by Crippen LogP contribution is -2.31. The summed E-state index contributed by atoms with van der Waals surface area (Å²) in [6.07, 6.45) is 6.36. The summed E-state index contributed by atoms with van der Waals surface area (Å²) in [5.41, 5.74) is 3.46. The Labute approximate surface area is 111 Å². The SMILES string of the molecule is Cc1ccc(C)c(CC2(O)CCCC(C)CC2)c1. The molecule has 0 spiro atoms. The molecule has 0 heterocycles. The summed E-state index contributed by atoms with van der Waals surface area (Å²) < 4.78 is 0. The van der Waals surface area contributed by atoms with E-state index in [0.29, 0.717) is 0 Å². The van der Waals surface area contributed by atoms with Crippen molar-refractivity contribution in [3.63, 3.8) is 0 Å². The van der Waals surface area contributed by atoms with Gasteiger partial charge in [0.1, 0.15) is 0 Å². The summed E-state index contributed by atoms with van der Waals surface area (Å²) >= 11 is 0. The maximum atomic E-state index is 10.8. The van der Waals surface area contributed by atoms with E-state index in [-0.39, 0.29) is 0 Å². The third-order valence-corrected chi connectivity index (χ3v) is 4.47. The number of rotatable bonds is 2. The van der Waals surface area contributed by atoms with Crippen LogP contribution in [0.3, 0.4) is 0 Å². The first-order valence-electron chi connectivity index (χ1n) is 7.27.